The fourth-order valence-electron chi connectivity index (χ4n) is 7.07. The van der Waals surface area contributed by atoms with Crippen molar-refractivity contribution >= 4 is 29.2 Å². The molecule has 198 valence electrons. The molecular formula is C30H27N3O6. The summed E-state index contributed by atoms with van der Waals surface area (Å²) in [6, 6.07) is 22.8. The summed E-state index contributed by atoms with van der Waals surface area (Å²) < 4.78 is 17.7. The van der Waals surface area contributed by atoms with Gasteiger partial charge in [0.1, 0.15) is 29.1 Å². The number of β-lactam (4-membered cyclic amide) rings is 1. The number of amides is 2. The third kappa shape index (κ3) is 2.90. The fourth-order valence-corrected chi connectivity index (χ4v) is 7.07. The zero-order valence-electron chi connectivity index (χ0n) is 21.5. The van der Waals surface area contributed by atoms with Crippen molar-refractivity contribution in [2.45, 2.75) is 30.2 Å². The maximum atomic E-state index is 14.1. The first-order chi connectivity index (χ1) is 18.9. The average Bonchev–Trinajstić information content (AvgIpc) is 3.43. The summed E-state index contributed by atoms with van der Waals surface area (Å²) in [6.45, 7) is 0.515. The Morgan fingerprint density at radius 2 is 1.64 bits per heavy atom. The van der Waals surface area contributed by atoms with Gasteiger partial charge >= 0.3 is 5.97 Å². The van der Waals surface area contributed by atoms with Gasteiger partial charge in [0, 0.05) is 23.5 Å². The number of ether oxygens (including phenoxy) is 3. The van der Waals surface area contributed by atoms with Gasteiger partial charge in [-0.25, -0.2) is 4.79 Å². The van der Waals surface area contributed by atoms with Gasteiger partial charge in [-0.1, -0.05) is 36.4 Å². The second-order valence-corrected chi connectivity index (χ2v) is 10.4. The number of hydrogen-bond acceptors (Lipinski definition) is 7. The largest absolute Gasteiger partial charge is 0.497 e. The van der Waals surface area contributed by atoms with Crippen molar-refractivity contribution in [2.24, 2.45) is 5.41 Å². The summed E-state index contributed by atoms with van der Waals surface area (Å²) in [5, 5.41) is 3.05. The molecule has 4 heterocycles. The van der Waals surface area contributed by atoms with Crippen LogP contribution in [0.1, 0.15) is 12.0 Å². The lowest BCUT2D eigenvalue weighted by molar-refractivity contribution is -0.155. The van der Waals surface area contributed by atoms with Crippen LogP contribution >= 0.6 is 0 Å². The number of cyclic esters (lactones) is 1. The summed E-state index contributed by atoms with van der Waals surface area (Å²) >= 11 is 0. The molecule has 3 aromatic rings. The van der Waals surface area contributed by atoms with E-state index in [2.05, 4.69) is 5.32 Å². The first-order valence-electron chi connectivity index (χ1n) is 13.0. The van der Waals surface area contributed by atoms with Crippen LogP contribution in [0, 0.1) is 5.41 Å². The number of anilines is 2. The third-order valence-electron chi connectivity index (χ3n) is 8.80. The van der Waals surface area contributed by atoms with Gasteiger partial charge in [-0.15, -0.1) is 0 Å². The molecule has 0 spiro atoms. The van der Waals surface area contributed by atoms with Crippen molar-refractivity contribution in [3.8, 4) is 11.5 Å². The number of hydrogen-bond donors (Lipinski definition) is 1. The van der Waals surface area contributed by atoms with E-state index in [0.29, 0.717) is 41.4 Å². The molecule has 0 aliphatic carbocycles. The maximum absolute atomic E-state index is 14.1. The van der Waals surface area contributed by atoms with E-state index in [9.17, 15) is 14.4 Å². The van der Waals surface area contributed by atoms with E-state index in [-0.39, 0.29) is 11.8 Å². The summed E-state index contributed by atoms with van der Waals surface area (Å²) in [4.78, 5) is 45.4. The number of carbonyl (C=O) groups excluding carboxylic acids is 3. The second-order valence-electron chi connectivity index (χ2n) is 10.4. The molecule has 3 aromatic carbocycles. The van der Waals surface area contributed by atoms with Gasteiger partial charge in [-0.2, -0.15) is 0 Å². The van der Waals surface area contributed by atoms with Crippen molar-refractivity contribution in [1.29, 1.82) is 0 Å². The highest BCUT2D eigenvalue weighted by atomic mass is 16.6. The lowest BCUT2D eigenvalue weighted by Crippen LogP contribution is -2.75. The predicted molar refractivity (Wildman–Crippen MR) is 141 cm³/mol. The van der Waals surface area contributed by atoms with Crippen LogP contribution in [-0.4, -0.2) is 61.6 Å². The van der Waals surface area contributed by atoms with Crippen molar-refractivity contribution in [3.63, 3.8) is 0 Å². The van der Waals surface area contributed by atoms with Crippen LogP contribution in [0.2, 0.25) is 0 Å². The monoisotopic (exact) mass is 525 g/mol. The second kappa shape index (κ2) is 8.31. The van der Waals surface area contributed by atoms with Crippen LogP contribution in [0.15, 0.2) is 78.9 Å². The smallest absolute Gasteiger partial charge is 0.332 e. The first-order valence-corrected chi connectivity index (χ1v) is 13.0. The van der Waals surface area contributed by atoms with Crippen LogP contribution in [0.4, 0.5) is 11.4 Å². The van der Waals surface area contributed by atoms with Gasteiger partial charge < -0.3 is 19.5 Å². The number of para-hydroxylation sites is 2. The van der Waals surface area contributed by atoms with Crippen molar-refractivity contribution in [1.82, 2.24) is 4.90 Å². The Bertz CT molecular complexity index is 1490. The van der Waals surface area contributed by atoms with Crippen LogP contribution < -0.4 is 19.7 Å². The average molecular weight is 526 g/mol. The Kier molecular flexibility index (Phi) is 5.06. The van der Waals surface area contributed by atoms with Gasteiger partial charge in [-0.05, 0) is 55.9 Å². The Morgan fingerprint density at radius 1 is 0.923 bits per heavy atom. The van der Waals surface area contributed by atoms with E-state index in [1.165, 1.54) is 0 Å². The number of benzene rings is 3. The molecular weight excluding hydrogens is 498 g/mol. The van der Waals surface area contributed by atoms with Gasteiger partial charge in [0.15, 0.2) is 5.54 Å². The van der Waals surface area contributed by atoms with E-state index in [4.69, 9.17) is 14.2 Å². The summed E-state index contributed by atoms with van der Waals surface area (Å²) in [6.07, 6.45) is -1.51. The molecule has 4 aliphatic heterocycles. The van der Waals surface area contributed by atoms with E-state index >= 15 is 0 Å². The summed E-state index contributed by atoms with van der Waals surface area (Å²) in [5.74, 6) is 0.120. The predicted octanol–water partition coefficient (Wildman–Crippen LogP) is 2.95. The zero-order valence-corrected chi connectivity index (χ0v) is 21.5. The Balaban J connectivity index is 1.38. The topological polar surface area (TPSA) is 97.4 Å². The number of fused-ring (bicyclic) bond motifs is 1. The normalized spacial score (nSPS) is 31.0. The molecule has 0 radical (unpaired) electrons. The first kappa shape index (κ1) is 23.7. The van der Waals surface area contributed by atoms with Crippen LogP contribution in [0.5, 0.6) is 11.5 Å². The Labute approximate surface area is 225 Å². The molecule has 0 bridgehead atoms. The highest BCUT2D eigenvalue weighted by molar-refractivity contribution is 6.11. The number of carbonyl (C=O) groups is 3. The van der Waals surface area contributed by atoms with E-state index in [1.54, 1.807) is 54.5 Å². The third-order valence-corrected chi connectivity index (χ3v) is 8.80. The van der Waals surface area contributed by atoms with Gasteiger partial charge in [0.2, 0.25) is 12.0 Å². The number of nitrogens with one attached hydrogen (secondary N) is 1. The lowest BCUT2D eigenvalue weighted by atomic mass is 9.59. The van der Waals surface area contributed by atoms with Crippen molar-refractivity contribution in [2.75, 3.05) is 30.9 Å². The zero-order chi connectivity index (χ0) is 26.9. The number of rotatable bonds is 5. The molecule has 7 rings (SSSR count). The fraction of sp³-hybridized carbons (Fsp3) is 0.300. The van der Waals surface area contributed by atoms with Crippen LogP contribution in [0.3, 0.4) is 0 Å². The SMILES string of the molecule is COc1ccc(N2C(=O)C(Oc3ccccc3)C2C2OC(=O)C34c5ccccc5NC(=O)C23CCN4C)cc1. The molecule has 39 heavy (non-hydrogen) atoms. The molecule has 2 amide bonds. The van der Waals surface area contributed by atoms with Crippen LogP contribution in [0.25, 0.3) is 0 Å². The molecule has 5 unspecified atom stereocenters. The Morgan fingerprint density at radius 3 is 2.38 bits per heavy atom. The minimum Gasteiger partial charge on any atom is -0.497 e. The minimum absolute atomic E-state index is 0.276. The molecule has 3 saturated heterocycles. The van der Waals surface area contributed by atoms with Gasteiger partial charge in [0.25, 0.3) is 5.91 Å². The van der Waals surface area contributed by atoms with Gasteiger partial charge in [-0.3, -0.25) is 19.4 Å². The molecule has 5 atom stereocenters. The highest BCUT2D eigenvalue weighted by Gasteiger charge is 2.81. The van der Waals surface area contributed by atoms with Crippen molar-refractivity contribution in [3.05, 3.63) is 84.4 Å². The number of likely N-dealkylation sites (N-methyl/N-ethyl adjacent to an activating group) is 1. The molecule has 9 heteroatoms. The quantitative estimate of drug-likeness (QED) is 0.404. The number of likely N-dealkylation sites (tertiary alicyclic amines) is 1. The van der Waals surface area contributed by atoms with Crippen molar-refractivity contribution < 1.29 is 28.6 Å². The van der Waals surface area contributed by atoms with Gasteiger partial charge in [0.05, 0.1) is 7.11 Å². The van der Waals surface area contributed by atoms with E-state index in [1.807, 2.05) is 48.3 Å². The maximum Gasteiger partial charge on any atom is 0.332 e. The number of methoxy groups -OCH3 is 1. The Hall–Kier alpha value is -4.37. The van der Waals surface area contributed by atoms with Crippen LogP contribution in [-0.2, 0) is 24.7 Å². The molecule has 3 fully saturated rings. The van der Waals surface area contributed by atoms with E-state index < -0.39 is 35.2 Å². The minimum atomic E-state index is -1.31. The number of nitrogens with zero attached hydrogens (tertiary/aromatic N) is 2. The van der Waals surface area contributed by atoms with E-state index in [0.717, 1.165) is 0 Å². The molecule has 4 aliphatic rings. The lowest BCUT2D eigenvalue weighted by Gasteiger charge is -2.52. The summed E-state index contributed by atoms with van der Waals surface area (Å²) in [7, 11) is 3.43. The molecule has 1 N–H and O–H groups in total. The molecule has 0 saturated carbocycles. The highest BCUT2D eigenvalue weighted by Crippen LogP contribution is 2.64. The summed E-state index contributed by atoms with van der Waals surface area (Å²) in [5.41, 5.74) is -0.663. The number of esters is 1. The molecule has 9 nitrogen and oxygen atoms in total. The molecule has 0 aromatic heterocycles. The standard InChI is InChI=1S/C30H27N3O6/c1-32-17-16-29-25(39-28(36)30(29,32)21-10-6-7-11-22(21)31-27(29)35)23-24(38-20-8-4-3-5-9-20)26(34)33(23)18-12-14-19(37-2)15-13-18/h3-15,23-25H,16-17H2,1-2H3,(H,31,35).